The molecule has 0 aliphatic rings. The fourth-order valence-corrected chi connectivity index (χ4v) is 1.32. The Morgan fingerprint density at radius 2 is 1.83 bits per heavy atom. The second kappa shape index (κ2) is 11.5. The number of rotatable bonds is 6. The Hall–Kier alpha value is -0.610. The summed E-state index contributed by atoms with van der Waals surface area (Å²) in [6, 6.07) is 7.83. The summed E-state index contributed by atoms with van der Waals surface area (Å²) in [7, 11) is 0. The molecule has 0 bridgehead atoms. The van der Waals surface area contributed by atoms with E-state index in [9.17, 15) is 0 Å². The number of halogens is 1. The third-order valence-corrected chi connectivity index (χ3v) is 2.42. The molecule has 18 heavy (non-hydrogen) atoms. The first-order valence-corrected chi connectivity index (χ1v) is 6.72. The Labute approximate surface area is 115 Å². The van der Waals surface area contributed by atoms with E-state index in [1.807, 2.05) is 31.2 Å². The van der Waals surface area contributed by atoms with Crippen LogP contribution >= 0.6 is 11.6 Å². The van der Waals surface area contributed by atoms with Gasteiger partial charge >= 0.3 is 0 Å². The van der Waals surface area contributed by atoms with Gasteiger partial charge < -0.3 is 15.5 Å². The van der Waals surface area contributed by atoms with Crippen LogP contribution in [0.3, 0.4) is 0 Å². The predicted molar refractivity (Wildman–Crippen MR) is 77.1 cm³/mol. The summed E-state index contributed by atoms with van der Waals surface area (Å²) in [5, 5.41) is 20.8. The van der Waals surface area contributed by atoms with Crippen LogP contribution in [0.1, 0.15) is 25.8 Å². The van der Waals surface area contributed by atoms with Crippen LogP contribution in [0.5, 0.6) is 0 Å². The Balaban J connectivity index is 0.000000631. The zero-order valence-corrected chi connectivity index (χ0v) is 12.0. The van der Waals surface area contributed by atoms with Crippen molar-refractivity contribution in [3.8, 4) is 0 Å². The van der Waals surface area contributed by atoms with Crippen LogP contribution in [-0.2, 0) is 6.42 Å². The summed E-state index contributed by atoms with van der Waals surface area (Å²) < 4.78 is 0. The van der Waals surface area contributed by atoms with Crippen molar-refractivity contribution in [2.45, 2.75) is 32.8 Å². The predicted octanol–water partition coefficient (Wildman–Crippen LogP) is 2.24. The van der Waals surface area contributed by atoms with Gasteiger partial charge in [0.2, 0.25) is 0 Å². The molecule has 0 saturated heterocycles. The van der Waals surface area contributed by atoms with E-state index in [2.05, 4.69) is 5.32 Å². The molecule has 3 N–H and O–H groups in total. The van der Waals surface area contributed by atoms with E-state index in [-0.39, 0.29) is 6.10 Å². The van der Waals surface area contributed by atoms with Gasteiger partial charge in [-0.1, -0.05) is 30.7 Å². The first-order chi connectivity index (χ1) is 8.60. The lowest BCUT2D eigenvalue weighted by Gasteiger charge is -2.06. The van der Waals surface area contributed by atoms with Gasteiger partial charge in [0.1, 0.15) is 0 Å². The van der Waals surface area contributed by atoms with Crippen molar-refractivity contribution in [1.29, 1.82) is 0 Å². The van der Waals surface area contributed by atoms with Crippen molar-refractivity contribution in [2.24, 2.45) is 0 Å². The van der Waals surface area contributed by atoms with E-state index in [1.54, 1.807) is 6.92 Å². The molecular formula is C14H24ClNO2. The fourth-order valence-electron chi connectivity index (χ4n) is 1.19. The number of hydrogen-bond donors (Lipinski definition) is 3. The highest BCUT2D eigenvalue weighted by Gasteiger charge is 1.95. The van der Waals surface area contributed by atoms with Crippen LogP contribution in [0.25, 0.3) is 0 Å². The molecule has 1 aromatic rings. The lowest BCUT2D eigenvalue weighted by Crippen LogP contribution is -2.26. The van der Waals surface area contributed by atoms with Gasteiger partial charge in [0.05, 0.1) is 6.10 Å². The van der Waals surface area contributed by atoms with Gasteiger partial charge in [-0.25, -0.2) is 0 Å². The van der Waals surface area contributed by atoms with E-state index in [0.717, 1.165) is 24.4 Å². The Kier molecular flexibility index (Phi) is 11.1. The molecule has 0 heterocycles. The van der Waals surface area contributed by atoms with Gasteiger partial charge in [-0.15, -0.1) is 0 Å². The molecule has 1 unspecified atom stereocenters. The summed E-state index contributed by atoms with van der Waals surface area (Å²) in [6.07, 6.45) is 1.56. The van der Waals surface area contributed by atoms with Crippen LogP contribution in [-0.4, -0.2) is 36.0 Å². The van der Waals surface area contributed by atoms with Crippen molar-refractivity contribution in [1.82, 2.24) is 5.32 Å². The molecule has 0 radical (unpaired) electrons. The maximum Gasteiger partial charge on any atom is 0.0636 e. The summed E-state index contributed by atoms with van der Waals surface area (Å²) in [5.74, 6) is 0. The topological polar surface area (TPSA) is 52.5 Å². The van der Waals surface area contributed by atoms with E-state index in [1.165, 1.54) is 5.56 Å². The first kappa shape index (κ1) is 17.4. The minimum absolute atomic E-state index is 0.278. The summed E-state index contributed by atoms with van der Waals surface area (Å²) in [6.45, 7) is 5.55. The highest BCUT2D eigenvalue weighted by atomic mass is 35.5. The average Bonchev–Trinajstić information content (AvgIpc) is 2.37. The third kappa shape index (κ3) is 10.5. The molecule has 0 spiro atoms. The number of nitrogens with one attached hydrogen (secondary N) is 1. The van der Waals surface area contributed by atoms with Crippen LogP contribution in [0.2, 0.25) is 5.02 Å². The van der Waals surface area contributed by atoms with Crippen LogP contribution in [0, 0.1) is 0 Å². The summed E-state index contributed by atoms with van der Waals surface area (Å²) in [4.78, 5) is 0. The minimum Gasteiger partial charge on any atom is -0.396 e. The molecule has 0 aliphatic carbocycles. The van der Waals surface area contributed by atoms with Gasteiger partial charge in [0.15, 0.2) is 0 Å². The monoisotopic (exact) mass is 273 g/mol. The molecule has 4 heteroatoms. The molecule has 1 aromatic carbocycles. The SMILES string of the molecule is CC(O)CNCCc1ccc(Cl)cc1.CCCO. The van der Waals surface area contributed by atoms with Gasteiger partial charge in [0.25, 0.3) is 0 Å². The fraction of sp³-hybridized carbons (Fsp3) is 0.571. The average molecular weight is 274 g/mol. The number of hydrogen-bond acceptors (Lipinski definition) is 3. The molecule has 3 nitrogen and oxygen atoms in total. The van der Waals surface area contributed by atoms with Gasteiger partial charge in [-0.3, -0.25) is 0 Å². The van der Waals surface area contributed by atoms with Crippen LogP contribution in [0.4, 0.5) is 0 Å². The van der Waals surface area contributed by atoms with E-state index in [0.29, 0.717) is 13.2 Å². The van der Waals surface area contributed by atoms with Crippen LogP contribution < -0.4 is 5.32 Å². The summed E-state index contributed by atoms with van der Waals surface area (Å²) >= 11 is 5.77. The lowest BCUT2D eigenvalue weighted by atomic mass is 10.1. The molecule has 0 saturated carbocycles. The number of aliphatic hydroxyl groups is 2. The largest absolute Gasteiger partial charge is 0.396 e. The van der Waals surface area contributed by atoms with E-state index < -0.39 is 0 Å². The highest BCUT2D eigenvalue weighted by Crippen LogP contribution is 2.09. The second-order valence-electron chi connectivity index (χ2n) is 4.15. The van der Waals surface area contributed by atoms with E-state index >= 15 is 0 Å². The normalized spacial score (nSPS) is 11.6. The summed E-state index contributed by atoms with van der Waals surface area (Å²) in [5.41, 5.74) is 1.26. The first-order valence-electron chi connectivity index (χ1n) is 6.34. The highest BCUT2D eigenvalue weighted by molar-refractivity contribution is 6.30. The molecule has 1 rings (SSSR count). The Morgan fingerprint density at radius 1 is 1.28 bits per heavy atom. The van der Waals surface area contributed by atoms with Crippen molar-refractivity contribution < 1.29 is 10.2 Å². The Bertz CT molecular complexity index is 286. The minimum atomic E-state index is -0.278. The van der Waals surface area contributed by atoms with Crippen molar-refractivity contribution in [3.63, 3.8) is 0 Å². The second-order valence-corrected chi connectivity index (χ2v) is 4.59. The zero-order valence-electron chi connectivity index (χ0n) is 11.2. The molecule has 104 valence electrons. The molecule has 0 aromatic heterocycles. The van der Waals surface area contributed by atoms with Crippen molar-refractivity contribution >= 4 is 11.6 Å². The third-order valence-electron chi connectivity index (χ3n) is 2.17. The van der Waals surface area contributed by atoms with Crippen LogP contribution in [0.15, 0.2) is 24.3 Å². The molecule has 0 amide bonds. The molecule has 0 fully saturated rings. The molecule has 0 aliphatic heterocycles. The maximum atomic E-state index is 9.01. The maximum absolute atomic E-state index is 9.01. The van der Waals surface area contributed by atoms with E-state index in [4.69, 9.17) is 21.8 Å². The van der Waals surface area contributed by atoms with Gasteiger partial charge in [-0.2, -0.15) is 0 Å². The molecular weight excluding hydrogens is 250 g/mol. The standard InChI is InChI=1S/C11H16ClNO.C3H8O/c1-9(14)8-13-7-6-10-2-4-11(12)5-3-10;1-2-3-4/h2-5,9,13-14H,6-8H2,1H3;4H,2-3H2,1H3. The smallest absolute Gasteiger partial charge is 0.0636 e. The zero-order chi connectivity index (χ0) is 13.8. The lowest BCUT2D eigenvalue weighted by molar-refractivity contribution is 0.191. The Morgan fingerprint density at radius 3 is 2.28 bits per heavy atom. The molecule has 1 atom stereocenters. The number of benzene rings is 1. The van der Waals surface area contributed by atoms with Gasteiger partial charge in [0, 0.05) is 18.2 Å². The number of aliphatic hydroxyl groups excluding tert-OH is 2. The van der Waals surface area contributed by atoms with Gasteiger partial charge in [-0.05, 0) is 44.0 Å². The quantitative estimate of drug-likeness (QED) is 0.697. The van der Waals surface area contributed by atoms with Crippen molar-refractivity contribution in [3.05, 3.63) is 34.9 Å². The van der Waals surface area contributed by atoms with Crippen molar-refractivity contribution in [2.75, 3.05) is 19.7 Å².